The molecule has 3 nitrogen and oxygen atoms in total. The Kier molecular flexibility index (Phi) is 4.77. The maximum atomic E-state index is 13.3. The van der Waals surface area contributed by atoms with E-state index in [0.717, 1.165) is 12.5 Å². The molecule has 0 heterocycles. The van der Waals surface area contributed by atoms with Gasteiger partial charge in [-0.15, -0.1) is 0 Å². The number of hydrogen-bond acceptors (Lipinski definition) is 3. The van der Waals surface area contributed by atoms with Crippen molar-refractivity contribution < 1.29 is 19.2 Å². The molecule has 0 atom stereocenters. The first-order valence-electron chi connectivity index (χ1n) is 5.29. The largest absolute Gasteiger partial charge is 0.493 e. The van der Waals surface area contributed by atoms with Gasteiger partial charge in [0.1, 0.15) is 11.6 Å². The highest BCUT2D eigenvalue weighted by Gasteiger charge is 2.16. The smallest absolute Gasteiger partial charge is 0.491 e. The molecule has 5 heteroatoms. The van der Waals surface area contributed by atoms with Gasteiger partial charge in [0, 0.05) is 11.5 Å². The standard InChI is InChI=1S/C11H16BFO3/c1-8(2)5-6-16-9-3-4-10(12(14)15)11(13)7-9/h3-4,7-8,14-15H,5-6H2,1-2H3. The summed E-state index contributed by atoms with van der Waals surface area (Å²) in [6.07, 6.45) is 0.895. The second-order valence-corrected chi connectivity index (χ2v) is 4.09. The van der Waals surface area contributed by atoms with Crippen LogP contribution in [0.3, 0.4) is 0 Å². The molecule has 0 amide bonds. The van der Waals surface area contributed by atoms with E-state index in [-0.39, 0.29) is 5.46 Å². The van der Waals surface area contributed by atoms with Gasteiger partial charge in [0.25, 0.3) is 0 Å². The van der Waals surface area contributed by atoms with Crippen molar-refractivity contribution in [3.05, 3.63) is 24.0 Å². The zero-order chi connectivity index (χ0) is 12.1. The van der Waals surface area contributed by atoms with Gasteiger partial charge < -0.3 is 14.8 Å². The second kappa shape index (κ2) is 5.87. The maximum Gasteiger partial charge on any atom is 0.491 e. The van der Waals surface area contributed by atoms with E-state index >= 15 is 0 Å². The van der Waals surface area contributed by atoms with Crippen molar-refractivity contribution in [1.29, 1.82) is 0 Å². The van der Waals surface area contributed by atoms with Gasteiger partial charge in [0.15, 0.2) is 0 Å². The Morgan fingerprint density at radius 1 is 1.38 bits per heavy atom. The predicted octanol–water partition coefficient (Wildman–Crippen LogP) is 0.930. The fourth-order valence-electron chi connectivity index (χ4n) is 1.22. The van der Waals surface area contributed by atoms with E-state index in [2.05, 4.69) is 13.8 Å². The minimum Gasteiger partial charge on any atom is -0.493 e. The molecule has 16 heavy (non-hydrogen) atoms. The lowest BCUT2D eigenvalue weighted by Gasteiger charge is -2.09. The number of benzene rings is 1. The van der Waals surface area contributed by atoms with Crippen LogP contribution in [0.4, 0.5) is 4.39 Å². The second-order valence-electron chi connectivity index (χ2n) is 4.09. The minimum absolute atomic E-state index is 0.142. The lowest BCUT2D eigenvalue weighted by molar-refractivity contribution is 0.288. The molecule has 1 rings (SSSR count). The molecule has 0 aliphatic rings. The van der Waals surface area contributed by atoms with Crippen LogP contribution in [0.2, 0.25) is 0 Å². The van der Waals surface area contributed by atoms with Gasteiger partial charge in [-0.25, -0.2) is 4.39 Å². The molecule has 1 aromatic carbocycles. The summed E-state index contributed by atoms with van der Waals surface area (Å²) in [6, 6.07) is 4.00. The van der Waals surface area contributed by atoms with Crippen molar-refractivity contribution in [2.75, 3.05) is 6.61 Å². The van der Waals surface area contributed by atoms with Crippen molar-refractivity contribution in [3.63, 3.8) is 0 Å². The molecule has 0 aromatic heterocycles. The van der Waals surface area contributed by atoms with E-state index in [0.29, 0.717) is 18.3 Å². The molecule has 88 valence electrons. The Bertz CT molecular complexity index is 342. The van der Waals surface area contributed by atoms with Gasteiger partial charge >= 0.3 is 7.12 Å². The van der Waals surface area contributed by atoms with Crippen LogP contribution >= 0.6 is 0 Å². The van der Waals surface area contributed by atoms with Gasteiger partial charge in [-0.1, -0.05) is 19.9 Å². The quantitative estimate of drug-likeness (QED) is 0.734. The third-order valence-corrected chi connectivity index (χ3v) is 2.21. The van der Waals surface area contributed by atoms with Crippen molar-refractivity contribution in [2.45, 2.75) is 20.3 Å². The Hall–Kier alpha value is -1.07. The molecular weight excluding hydrogens is 210 g/mol. The van der Waals surface area contributed by atoms with E-state index in [9.17, 15) is 4.39 Å². The van der Waals surface area contributed by atoms with Crippen LogP contribution in [0.5, 0.6) is 5.75 Å². The maximum absolute atomic E-state index is 13.3. The van der Waals surface area contributed by atoms with Crippen molar-refractivity contribution in [3.8, 4) is 5.75 Å². The molecule has 0 spiro atoms. The van der Waals surface area contributed by atoms with Crippen LogP contribution in [0.15, 0.2) is 18.2 Å². The monoisotopic (exact) mass is 226 g/mol. The summed E-state index contributed by atoms with van der Waals surface area (Å²) in [5.41, 5.74) is -0.142. The van der Waals surface area contributed by atoms with Crippen LogP contribution in [-0.4, -0.2) is 23.8 Å². The summed E-state index contributed by atoms with van der Waals surface area (Å²) >= 11 is 0. The molecule has 0 saturated carbocycles. The van der Waals surface area contributed by atoms with Crippen LogP contribution in [-0.2, 0) is 0 Å². The summed E-state index contributed by atoms with van der Waals surface area (Å²) in [6.45, 7) is 4.68. The lowest BCUT2D eigenvalue weighted by Crippen LogP contribution is -2.32. The first-order valence-corrected chi connectivity index (χ1v) is 5.29. The van der Waals surface area contributed by atoms with Crippen LogP contribution < -0.4 is 10.2 Å². The molecule has 0 saturated heterocycles. The number of ether oxygens (including phenoxy) is 1. The predicted molar refractivity (Wildman–Crippen MR) is 61.2 cm³/mol. The molecule has 2 N–H and O–H groups in total. The SMILES string of the molecule is CC(C)CCOc1ccc(B(O)O)c(F)c1. The first kappa shape index (κ1) is 13.0. The number of hydrogen-bond donors (Lipinski definition) is 2. The zero-order valence-corrected chi connectivity index (χ0v) is 9.48. The molecule has 0 bridgehead atoms. The molecule has 0 fully saturated rings. The number of halogens is 1. The highest BCUT2D eigenvalue weighted by Crippen LogP contribution is 2.12. The van der Waals surface area contributed by atoms with Crippen LogP contribution in [0.1, 0.15) is 20.3 Å². The molecule has 0 aliphatic carbocycles. The van der Waals surface area contributed by atoms with E-state index in [4.69, 9.17) is 14.8 Å². The third-order valence-electron chi connectivity index (χ3n) is 2.21. The molecule has 0 aliphatic heterocycles. The van der Waals surface area contributed by atoms with E-state index in [1.165, 1.54) is 12.1 Å². The van der Waals surface area contributed by atoms with Gasteiger partial charge in [0.05, 0.1) is 6.61 Å². The fraction of sp³-hybridized carbons (Fsp3) is 0.455. The van der Waals surface area contributed by atoms with Gasteiger partial charge in [-0.2, -0.15) is 0 Å². The Morgan fingerprint density at radius 3 is 2.56 bits per heavy atom. The summed E-state index contributed by atoms with van der Waals surface area (Å²) in [7, 11) is -1.79. The first-order chi connectivity index (χ1) is 7.50. The van der Waals surface area contributed by atoms with Gasteiger partial charge in [-0.3, -0.25) is 0 Å². The Labute approximate surface area is 95.0 Å². The van der Waals surface area contributed by atoms with E-state index in [1.54, 1.807) is 0 Å². The summed E-state index contributed by atoms with van der Waals surface area (Å²) in [5, 5.41) is 17.6. The average Bonchev–Trinajstić information content (AvgIpc) is 2.16. The van der Waals surface area contributed by atoms with E-state index < -0.39 is 12.9 Å². The normalized spacial score (nSPS) is 10.6. The Balaban J connectivity index is 2.59. The highest BCUT2D eigenvalue weighted by molar-refractivity contribution is 6.58. The van der Waals surface area contributed by atoms with Crippen molar-refractivity contribution in [1.82, 2.24) is 0 Å². The lowest BCUT2D eigenvalue weighted by atomic mass is 9.80. The van der Waals surface area contributed by atoms with E-state index in [1.807, 2.05) is 0 Å². The van der Waals surface area contributed by atoms with Crippen molar-refractivity contribution in [2.24, 2.45) is 5.92 Å². The van der Waals surface area contributed by atoms with Crippen LogP contribution in [0.25, 0.3) is 0 Å². The van der Waals surface area contributed by atoms with Crippen molar-refractivity contribution >= 4 is 12.6 Å². The summed E-state index contributed by atoms with van der Waals surface area (Å²) in [4.78, 5) is 0. The number of rotatable bonds is 5. The van der Waals surface area contributed by atoms with Crippen LogP contribution in [0, 0.1) is 11.7 Å². The molecule has 0 radical (unpaired) electrons. The summed E-state index contributed by atoms with van der Waals surface area (Å²) in [5.74, 6) is 0.267. The molecule has 1 aromatic rings. The van der Waals surface area contributed by atoms with Gasteiger partial charge in [0.2, 0.25) is 0 Å². The van der Waals surface area contributed by atoms with Gasteiger partial charge in [-0.05, 0) is 18.4 Å². The fourth-order valence-corrected chi connectivity index (χ4v) is 1.22. The molecule has 0 unspecified atom stereocenters. The molecular formula is C11H16BFO3. The topological polar surface area (TPSA) is 49.7 Å². The summed E-state index contributed by atoms with van der Waals surface area (Å²) < 4.78 is 18.6. The third kappa shape index (κ3) is 3.83. The zero-order valence-electron chi connectivity index (χ0n) is 9.48. The minimum atomic E-state index is -1.79. The highest BCUT2D eigenvalue weighted by atomic mass is 19.1. The Morgan fingerprint density at radius 2 is 2.06 bits per heavy atom. The average molecular weight is 226 g/mol.